The van der Waals surface area contributed by atoms with E-state index in [1.54, 1.807) is 0 Å². The van der Waals surface area contributed by atoms with Gasteiger partial charge in [-0.05, 0) is 56.2 Å². The molecule has 4 nitrogen and oxygen atoms in total. The number of hydrogen-bond acceptors (Lipinski definition) is 4. The maximum atomic E-state index is 4.91. The van der Waals surface area contributed by atoms with Crippen LogP contribution in [0, 0.1) is 5.92 Å². The Hall–Kier alpha value is -1.07. The molecule has 0 spiro atoms. The molecule has 2 unspecified atom stereocenters. The van der Waals surface area contributed by atoms with E-state index in [-0.39, 0.29) is 0 Å². The Labute approximate surface area is 129 Å². The molecule has 2 saturated heterocycles. The molecule has 4 heterocycles. The van der Waals surface area contributed by atoms with Gasteiger partial charge in [0.2, 0.25) is 0 Å². The summed E-state index contributed by atoms with van der Waals surface area (Å²) in [6.07, 6.45) is 6.84. The lowest BCUT2D eigenvalue weighted by Gasteiger charge is -2.25. The quantitative estimate of drug-likeness (QED) is 0.946. The number of nitrogens with zero attached hydrogens (tertiary/aromatic N) is 3. The van der Waals surface area contributed by atoms with Crippen molar-refractivity contribution >= 4 is 22.9 Å². The fourth-order valence-corrected chi connectivity index (χ4v) is 4.70. The Morgan fingerprint density at radius 3 is 3.19 bits per heavy atom. The van der Waals surface area contributed by atoms with Gasteiger partial charge in [0.25, 0.3) is 0 Å². The van der Waals surface area contributed by atoms with E-state index in [4.69, 9.17) is 4.98 Å². The molecule has 0 bridgehead atoms. The molecule has 2 aromatic heterocycles. The first-order chi connectivity index (χ1) is 10.4. The molecule has 4 rings (SSSR count). The van der Waals surface area contributed by atoms with E-state index >= 15 is 0 Å². The minimum atomic E-state index is 0.577. The summed E-state index contributed by atoms with van der Waals surface area (Å²) in [6, 6.07) is 4.68. The SMILES string of the molecule is c1cnc2c(c1)nc(CC1CCNC1)n2C1CCCSC1. The third kappa shape index (κ3) is 2.69. The van der Waals surface area contributed by atoms with Gasteiger partial charge in [-0.3, -0.25) is 0 Å². The van der Waals surface area contributed by atoms with Crippen LogP contribution in [0.25, 0.3) is 11.2 Å². The van der Waals surface area contributed by atoms with Gasteiger partial charge in [0, 0.05) is 24.4 Å². The summed E-state index contributed by atoms with van der Waals surface area (Å²) in [5.74, 6) is 4.50. The zero-order valence-electron chi connectivity index (χ0n) is 12.3. The number of imidazole rings is 1. The fraction of sp³-hybridized carbons (Fsp3) is 0.625. The summed E-state index contributed by atoms with van der Waals surface area (Å²) in [5.41, 5.74) is 2.15. The summed E-state index contributed by atoms with van der Waals surface area (Å²) in [7, 11) is 0. The fourth-order valence-electron chi connectivity index (χ4n) is 3.58. The average molecular weight is 302 g/mol. The summed E-state index contributed by atoms with van der Waals surface area (Å²) in [4.78, 5) is 9.54. The van der Waals surface area contributed by atoms with Gasteiger partial charge in [0.15, 0.2) is 5.65 Å². The second kappa shape index (κ2) is 5.97. The lowest BCUT2D eigenvalue weighted by molar-refractivity contribution is 0.466. The minimum Gasteiger partial charge on any atom is -0.316 e. The number of aromatic nitrogens is 3. The van der Waals surface area contributed by atoms with E-state index in [0.29, 0.717) is 6.04 Å². The van der Waals surface area contributed by atoms with Crippen LogP contribution in [-0.2, 0) is 6.42 Å². The molecular formula is C16H22N4S. The van der Waals surface area contributed by atoms with Crippen LogP contribution in [0.1, 0.15) is 31.1 Å². The van der Waals surface area contributed by atoms with Crippen LogP contribution in [0.2, 0.25) is 0 Å². The van der Waals surface area contributed by atoms with Gasteiger partial charge in [-0.15, -0.1) is 0 Å². The summed E-state index contributed by atoms with van der Waals surface area (Å²) in [6.45, 7) is 2.29. The molecule has 0 aromatic carbocycles. The van der Waals surface area contributed by atoms with Gasteiger partial charge in [-0.25, -0.2) is 9.97 Å². The van der Waals surface area contributed by atoms with E-state index in [9.17, 15) is 0 Å². The first-order valence-corrected chi connectivity index (χ1v) is 9.17. The highest BCUT2D eigenvalue weighted by Gasteiger charge is 2.25. The molecule has 0 saturated carbocycles. The van der Waals surface area contributed by atoms with Gasteiger partial charge < -0.3 is 9.88 Å². The van der Waals surface area contributed by atoms with Crippen molar-refractivity contribution in [1.29, 1.82) is 0 Å². The predicted molar refractivity (Wildman–Crippen MR) is 87.8 cm³/mol. The molecular weight excluding hydrogens is 280 g/mol. The summed E-state index contributed by atoms with van der Waals surface area (Å²) < 4.78 is 2.46. The molecule has 2 aliphatic heterocycles. The third-order valence-corrected chi connectivity index (χ3v) is 5.85. The lowest BCUT2D eigenvalue weighted by atomic mass is 10.0. The zero-order valence-corrected chi connectivity index (χ0v) is 13.1. The second-order valence-electron chi connectivity index (χ2n) is 6.18. The number of fused-ring (bicyclic) bond motifs is 1. The van der Waals surface area contributed by atoms with E-state index in [1.807, 2.05) is 12.3 Å². The van der Waals surface area contributed by atoms with Gasteiger partial charge in [0.05, 0.1) is 0 Å². The monoisotopic (exact) mass is 302 g/mol. The lowest BCUT2D eigenvalue weighted by Crippen LogP contribution is -2.21. The molecule has 2 aliphatic rings. The molecule has 0 amide bonds. The smallest absolute Gasteiger partial charge is 0.160 e. The number of hydrogen-bond donors (Lipinski definition) is 1. The number of rotatable bonds is 3. The molecule has 0 radical (unpaired) electrons. The zero-order chi connectivity index (χ0) is 14.1. The van der Waals surface area contributed by atoms with E-state index in [1.165, 1.54) is 36.6 Å². The molecule has 112 valence electrons. The highest BCUT2D eigenvalue weighted by molar-refractivity contribution is 7.99. The Morgan fingerprint density at radius 1 is 1.38 bits per heavy atom. The molecule has 2 aromatic rings. The van der Waals surface area contributed by atoms with Crippen LogP contribution >= 0.6 is 11.8 Å². The highest BCUT2D eigenvalue weighted by Crippen LogP contribution is 2.31. The molecule has 1 N–H and O–H groups in total. The number of pyridine rings is 1. The van der Waals surface area contributed by atoms with Gasteiger partial charge >= 0.3 is 0 Å². The minimum absolute atomic E-state index is 0.577. The Morgan fingerprint density at radius 2 is 2.38 bits per heavy atom. The normalized spacial score (nSPS) is 26.5. The second-order valence-corrected chi connectivity index (χ2v) is 7.33. The van der Waals surface area contributed by atoms with Crippen molar-refractivity contribution in [3.8, 4) is 0 Å². The Balaban J connectivity index is 1.72. The van der Waals surface area contributed by atoms with Crippen molar-refractivity contribution in [3.05, 3.63) is 24.2 Å². The van der Waals surface area contributed by atoms with Crippen LogP contribution in [0.4, 0.5) is 0 Å². The first kappa shape index (κ1) is 13.6. The van der Waals surface area contributed by atoms with E-state index in [2.05, 4.69) is 32.7 Å². The van der Waals surface area contributed by atoms with Crippen molar-refractivity contribution in [2.45, 2.75) is 31.7 Å². The van der Waals surface area contributed by atoms with Crippen molar-refractivity contribution in [3.63, 3.8) is 0 Å². The number of nitrogens with one attached hydrogen (secondary N) is 1. The largest absolute Gasteiger partial charge is 0.316 e. The summed E-state index contributed by atoms with van der Waals surface area (Å²) in [5, 5.41) is 3.47. The average Bonchev–Trinajstić information content (AvgIpc) is 3.15. The first-order valence-electron chi connectivity index (χ1n) is 8.02. The van der Waals surface area contributed by atoms with Crippen LogP contribution in [0.15, 0.2) is 18.3 Å². The van der Waals surface area contributed by atoms with Crippen LogP contribution in [-0.4, -0.2) is 39.1 Å². The topological polar surface area (TPSA) is 42.7 Å². The Bertz CT molecular complexity index is 612. The van der Waals surface area contributed by atoms with Crippen LogP contribution < -0.4 is 5.32 Å². The predicted octanol–water partition coefficient (Wildman–Crippen LogP) is 2.65. The molecule has 2 atom stereocenters. The van der Waals surface area contributed by atoms with Gasteiger partial charge in [0.1, 0.15) is 11.3 Å². The highest BCUT2D eigenvalue weighted by atomic mass is 32.2. The van der Waals surface area contributed by atoms with E-state index < -0.39 is 0 Å². The van der Waals surface area contributed by atoms with Crippen molar-refractivity contribution in [1.82, 2.24) is 19.9 Å². The van der Waals surface area contributed by atoms with Gasteiger partial charge in [-0.2, -0.15) is 11.8 Å². The van der Waals surface area contributed by atoms with Crippen LogP contribution in [0.5, 0.6) is 0 Å². The molecule has 0 aliphatic carbocycles. The molecule has 21 heavy (non-hydrogen) atoms. The maximum Gasteiger partial charge on any atom is 0.160 e. The maximum absolute atomic E-state index is 4.91. The molecule has 5 heteroatoms. The van der Waals surface area contributed by atoms with Crippen molar-refractivity contribution in [2.24, 2.45) is 5.92 Å². The third-order valence-electron chi connectivity index (χ3n) is 4.66. The molecule has 2 fully saturated rings. The van der Waals surface area contributed by atoms with Gasteiger partial charge in [-0.1, -0.05) is 0 Å². The van der Waals surface area contributed by atoms with Crippen molar-refractivity contribution < 1.29 is 0 Å². The van der Waals surface area contributed by atoms with Crippen LogP contribution in [0.3, 0.4) is 0 Å². The summed E-state index contributed by atoms with van der Waals surface area (Å²) >= 11 is 2.07. The van der Waals surface area contributed by atoms with Crippen molar-refractivity contribution in [2.75, 3.05) is 24.6 Å². The Kier molecular flexibility index (Phi) is 3.86. The number of thioether (sulfide) groups is 1. The standard InChI is InChI=1S/C16H22N4S/c1-4-14-16(18-6-1)20(13-3-2-8-21-11-13)15(19-14)9-12-5-7-17-10-12/h1,4,6,12-13,17H,2-3,5,7-11H2. The van der Waals surface area contributed by atoms with E-state index in [0.717, 1.165) is 36.6 Å².